The molecule has 2 aromatic carbocycles. The molecule has 4 aromatic rings. The molecule has 0 radical (unpaired) electrons. The number of hydrogen-bond donors (Lipinski definition) is 1. The highest BCUT2D eigenvalue weighted by Crippen LogP contribution is 2.09. The number of para-hydroxylation sites is 1. The highest BCUT2D eigenvalue weighted by molar-refractivity contribution is 5.77. The monoisotopic (exact) mass is 421 g/mol. The van der Waals surface area contributed by atoms with Gasteiger partial charge in [-0.05, 0) is 29.8 Å². The van der Waals surface area contributed by atoms with Crippen molar-refractivity contribution in [1.29, 1.82) is 0 Å². The van der Waals surface area contributed by atoms with Crippen LogP contribution in [0.2, 0.25) is 0 Å². The topological polar surface area (TPSA) is 91.0 Å². The largest absolute Gasteiger partial charge is 0.484 e. The predicted octanol–water partition coefficient (Wildman–Crippen LogP) is 1.98. The van der Waals surface area contributed by atoms with Gasteiger partial charge < -0.3 is 10.1 Å². The van der Waals surface area contributed by atoms with Crippen molar-refractivity contribution in [3.05, 3.63) is 88.9 Å². The number of fused-ring (bicyclic) bond motifs is 1. The van der Waals surface area contributed by atoms with E-state index in [9.17, 15) is 14.0 Å². The maximum atomic E-state index is 13.4. The van der Waals surface area contributed by atoms with Crippen LogP contribution >= 0.6 is 0 Å². The molecule has 0 saturated carbocycles. The van der Waals surface area contributed by atoms with E-state index in [1.54, 1.807) is 28.9 Å². The molecule has 8 nitrogen and oxygen atoms in total. The Morgan fingerprint density at radius 2 is 1.97 bits per heavy atom. The summed E-state index contributed by atoms with van der Waals surface area (Å²) in [7, 11) is 0. The number of carbonyl (C=O) groups is 1. The Labute approximate surface area is 176 Å². The lowest BCUT2D eigenvalue weighted by molar-refractivity contribution is -0.123. The van der Waals surface area contributed by atoms with E-state index in [2.05, 4.69) is 15.4 Å². The third-order valence-electron chi connectivity index (χ3n) is 4.62. The summed E-state index contributed by atoms with van der Waals surface area (Å²) in [6.07, 6.45) is 2.87. The molecule has 0 aliphatic rings. The van der Waals surface area contributed by atoms with E-state index in [0.29, 0.717) is 35.4 Å². The number of amides is 1. The van der Waals surface area contributed by atoms with E-state index in [0.717, 1.165) is 0 Å². The first-order valence-corrected chi connectivity index (χ1v) is 9.70. The van der Waals surface area contributed by atoms with Crippen molar-refractivity contribution in [3.8, 4) is 5.75 Å². The standard InChI is InChI=1S/C22H20FN5O3/c23-17-6-4-5-16(11-17)13-27-15-25-21-19(22(27)30)12-26-28(21)10-9-24-20(29)14-31-18-7-2-1-3-8-18/h1-8,11-12,15H,9-10,13-14H2,(H,24,29). The zero-order chi connectivity index (χ0) is 21.6. The van der Waals surface area contributed by atoms with Gasteiger partial charge in [-0.1, -0.05) is 30.3 Å². The van der Waals surface area contributed by atoms with Gasteiger partial charge in [-0.3, -0.25) is 14.2 Å². The van der Waals surface area contributed by atoms with Crippen LogP contribution in [-0.2, 0) is 17.9 Å². The molecule has 0 atom stereocenters. The molecule has 0 spiro atoms. The van der Waals surface area contributed by atoms with Crippen LogP contribution in [0.25, 0.3) is 11.0 Å². The third kappa shape index (κ3) is 4.95. The number of hydrogen-bond acceptors (Lipinski definition) is 5. The third-order valence-corrected chi connectivity index (χ3v) is 4.62. The summed E-state index contributed by atoms with van der Waals surface area (Å²) >= 11 is 0. The second-order valence-corrected chi connectivity index (χ2v) is 6.86. The molecule has 0 unspecified atom stereocenters. The van der Waals surface area contributed by atoms with Crippen LogP contribution in [0.3, 0.4) is 0 Å². The van der Waals surface area contributed by atoms with Crippen molar-refractivity contribution in [3.63, 3.8) is 0 Å². The molecular weight excluding hydrogens is 401 g/mol. The van der Waals surface area contributed by atoms with Crippen molar-refractivity contribution in [2.45, 2.75) is 13.1 Å². The zero-order valence-corrected chi connectivity index (χ0v) is 16.6. The van der Waals surface area contributed by atoms with Crippen LogP contribution in [0.1, 0.15) is 5.56 Å². The number of nitrogens with zero attached hydrogens (tertiary/aromatic N) is 4. The summed E-state index contributed by atoms with van der Waals surface area (Å²) in [6, 6.07) is 15.1. The molecular formula is C22H20FN5O3. The van der Waals surface area contributed by atoms with Gasteiger partial charge in [0.25, 0.3) is 11.5 Å². The van der Waals surface area contributed by atoms with Gasteiger partial charge in [0, 0.05) is 6.54 Å². The van der Waals surface area contributed by atoms with Gasteiger partial charge in [-0.2, -0.15) is 5.10 Å². The Balaban J connectivity index is 1.36. The number of benzene rings is 2. The summed E-state index contributed by atoms with van der Waals surface area (Å²) in [5.41, 5.74) is 0.826. The highest BCUT2D eigenvalue weighted by Gasteiger charge is 2.11. The van der Waals surface area contributed by atoms with Crippen LogP contribution < -0.4 is 15.6 Å². The minimum absolute atomic E-state index is 0.0904. The van der Waals surface area contributed by atoms with Gasteiger partial charge in [0.15, 0.2) is 12.3 Å². The Morgan fingerprint density at radius 1 is 1.13 bits per heavy atom. The van der Waals surface area contributed by atoms with Gasteiger partial charge in [0.05, 0.1) is 19.3 Å². The quantitative estimate of drug-likeness (QED) is 0.470. The summed E-state index contributed by atoms with van der Waals surface area (Å²) in [4.78, 5) is 29.0. The number of aromatic nitrogens is 4. The Morgan fingerprint density at radius 3 is 2.77 bits per heavy atom. The van der Waals surface area contributed by atoms with Gasteiger partial charge in [-0.15, -0.1) is 0 Å². The normalized spacial score (nSPS) is 10.9. The van der Waals surface area contributed by atoms with Crippen molar-refractivity contribution >= 4 is 16.9 Å². The second kappa shape index (κ2) is 9.21. The van der Waals surface area contributed by atoms with Crippen molar-refractivity contribution in [2.24, 2.45) is 0 Å². The van der Waals surface area contributed by atoms with E-state index in [-0.39, 0.29) is 30.4 Å². The Hall–Kier alpha value is -4.01. The maximum absolute atomic E-state index is 13.4. The lowest BCUT2D eigenvalue weighted by atomic mass is 10.2. The lowest BCUT2D eigenvalue weighted by Gasteiger charge is -2.08. The average molecular weight is 421 g/mol. The molecule has 9 heteroatoms. The summed E-state index contributed by atoms with van der Waals surface area (Å²) < 4.78 is 21.7. The van der Waals surface area contributed by atoms with Crippen molar-refractivity contribution < 1.29 is 13.9 Å². The molecule has 0 bridgehead atoms. The summed E-state index contributed by atoms with van der Waals surface area (Å²) in [5.74, 6) is 0.00350. The fourth-order valence-electron chi connectivity index (χ4n) is 3.12. The first-order chi connectivity index (χ1) is 15.1. The van der Waals surface area contributed by atoms with Crippen LogP contribution in [-0.4, -0.2) is 38.4 Å². The maximum Gasteiger partial charge on any atom is 0.264 e. The molecule has 0 aliphatic heterocycles. The predicted molar refractivity (Wildman–Crippen MR) is 112 cm³/mol. The van der Waals surface area contributed by atoms with Gasteiger partial charge >= 0.3 is 0 Å². The Bertz CT molecular complexity index is 1250. The van der Waals surface area contributed by atoms with E-state index >= 15 is 0 Å². The number of nitrogens with one attached hydrogen (secondary N) is 1. The molecule has 2 heterocycles. The number of ether oxygens (including phenoxy) is 1. The van der Waals surface area contributed by atoms with Gasteiger partial charge in [-0.25, -0.2) is 14.1 Å². The van der Waals surface area contributed by atoms with Crippen LogP contribution in [0, 0.1) is 5.82 Å². The second-order valence-electron chi connectivity index (χ2n) is 6.86. The van der Waals surface area contributed by atoms with E-state index in [1.165, 1.54) is 29.2 Å². The summed E-state index contributed by atoms with van der Waals surface area (Å²) in [5, 5.41) is 7.31. The highest BCUT2D eigenvalue weighted by atomic mass is 19.1. The van der Waals surface area contributed by atoms with Crippen LogP contribution in [0.4, 0.5) is 4.39 Å². The molecule has 158 valence electrons. The minimum atomic E-state index is -0.358. The SMILES string of the molecule is O=C(COc1ccccc1)NCCn1ncc2c(=O)n(Cc3cccc(F)c3)cnc21. The molecule has 0 saturated heterocycles. The smallest absolute Gasteiger partial charge is 0.264 e. The molecule has 0 aliphatic carbocycles. The van der Waals surface area contributed by atoms with Crippen molar-refractivity contribution in [2.75, 3.05) is 13.2 Å². The minimum Gasteiger partial charge on any atom is -0.484 e. The van der Waals surface area contributed by atoms with E-state index in [1.807, 2.05) is 18.2 Å². The number of halogens is 1. The summed E-state index contributed by atoms with van der Waals surface area (Å²) in [6.45, 7) is 0.776. The van der Waals surface area contributed by atoms with Crippen molar-refractivity contribution in [1.82, 2.24) is 24.6 Å². The number of rotatable bonds is 8. The van der Waals surface area contributed by atoms with Crippen LogP contribution in [0.15, 0.2) is 71.9 Å². The molecule has 31 heavy (non-hydrogen) atoms. The Kier molecular flexibility index (Phi) is 6.02. The van der Waals surface area contributed by atoms with Gasteiger partial charge in [0.2, 0.25) is 0 Å². The lowest BCUT2D eigenvalue weighted by Crippen LogP contribution is -2.31. The average Bonchev–Trinajstić information content (AvgIpc) is 3.19. The number of carbonyl (C=O) groups excluding carboxylic acids is 1. The molecule has 1 amide bonds. The van der Waals surface area contributed by atoms with Crippen LogP contribution in [0.5, 0.6) is 5.75 Å². The fourth-order valence-corrected chi connectivity index (χ4v) is 3.12. The van der Waals surface area contributed by atoms with Gasteiger partial charge in [0.1, 0.15) is 23.3 Å². The molecule has 4 rings (SSSR count). The molecule has 0 fully saturated rings. The van der Waals surface area contributed by atoms with E-state index < -0.39 is 0 Å². The first kappa shape index (κ1) is 20.3. The fraction of sp³-hybridized carbons (Fsp3) is 0.182. The molecule has 2 aromatic heterocycles. The molecule has 1 N–H and O–H groups in total. The van der Waals surface area contributed by atoms with E-state index in [4.69, 9.17) is 4.74 Å². The first-order valence-electron chi connectivity index (χ1n) is 9.70. The zero-order valence-electron chi connectivity index (χ0n) is 16.6.